The van der Waals surface area contributed by atoms with Gasteiger partial charge in [0, 0.05) is 25.3 Å². The predicted molar refractivity (Wildman–Crippen MR) is 74.5 cm³/mol. The highest BCUT2D eigenvalue weighted by Crippen LogP contribution is 2.30. The molecule has 5 heteroatoms. The summed E-state index contributed by atoms with van der Waals surface area (Å²) in [6, 6.07) is 5.47. The van der Waals surface area contributed by atoms with Gasteiger partial charge in [-0.2, -0.15) is 0 Å². The Hall–Kier alpha value is -1.26. The molecule has 1 heterocycles. The highest BCUT2D eigenvalue weighted by Gasteiger charge is 2.20. The van der Waals surface area contributed by atoms with E-state index in [4.69, 9.17) is 27.9 Å². The summed E-state index contributed by atoms with van der Waals surface area (Å²) in [6.07, 6.45) is 1.97. The molecule has 2 rings (SSSR count). The molecule has 1 aromatic carbocycles. The molecular formula is C13H18ClN3O. The van der Waals surface area contributed by atoms with Gasteiger partial charge < -0.3 is 15.7 Å². The molecule has 0 unspecified atom stereocenters. The van der Waals surface area contributed by atoms with E-state index in [1.54, 1.807) is 6.07 Å². The summed E-state index contributed by atoms with van der Waals surface area (Å²) in [5.41, 5.74) is 7.06. The second kappa shape index (κ2) is 5.59. The number of aliphatic hydroxyl groups is 1. The van der Waals surface area contributed by atoms with E-state index in [2.05, 4.69) is 4.90 Å². The van der Waals surface area contributed by atoms with Crippen molar-refractivity contribution in [1.29, 1.82) is 5.41 Å². The van der Waals surface area contributed by atoms with Crippen molar-refractivity contribution in [2.24, 2.45) is 11.7 Å². The zero-order valence-electron chi connectivity index (χ0n) is 10.2. The number of halogens is 1. The van der Waals surface area contributed by atoms with Gasteiger partial charge in [0.05, 0.1) is 10.7 Å². The first-order valence-corrected chi connectivity index (χ1v) is 6.49. The lowest BCUT2D eigenvalue weighted by Crippen LogP contribution is -2.34. The molecule has 4 N–H and O–H groups in total. The fourth-order valence-electron chi connectivity index (χ4n) is 2.29. The molecule has 0 radical (unpaired) electrons. The van der Waals surface area contributed by atoms with E-state index < -0.39 is 0 Å². The molecule has 1 fully saturated rings. The largest absolute Gasteiger partial charge is 0.396 e. The zero-order valence-corrected chi connectivity index (χ0v) is 11.0. The van der Waals surface area contributed by atoms with Crippen LogP contribution >= 0.6 is 11.6 Å². The first-order chi connectivity index (χ1) is 8.61. The number of benzene rings is 1. The van der Waals surface area contributed by atoms with Crippen molar-refractivity contribution in [3.8, 4) is 0 Å². The fourth-order valence-corrected chi connectivity index (χ4v) is 2.59. The number of aliphatic hydroxyl groups excluding tert-OH is 1. The Kier molecular flexibility index (Phi) is 4.09. The van der Waals surface area contributed by atoms with Gasteiger partial charge in [-0.3, -0.25) is 5.41 Å². The van der Waals surface area contributed by atoms with Gasteiger partial charge in [0.15, 0.2) is 0 Å². The van der Waals surface area contributed by atoms with Crippen LogP contribution in [0.25, 0.3) is 0 Å². The summed E-state index contributed by atoms with van der Waals surface area (Å²) < 4.78 is 0. The van der Waals surface area contributed by atoms with Gasteiger partial charge in [-0.15, -0.1) is 0 Å². The van der Waals surface area contributed by atoms with Crippen LogP contribution in [0.5, 0.6) is 0 Å². The van der Waals surface area contributed by atoms with Crippen LogP contribution in [0.3, 0.4) is 0 Å². The maximum absolute atomic E-state index is 9.12. The molecule has 4 nitrogen and oxygen atoms in total. The smallest absolute Gasteiger partial charge is 0.122 e. The van der Waals surface area contributed by atoms with Gasteiger partial charge in [-0.25, -0.2) is 0 Å². The molecule has 0 saturated carbocycles. The maximum Gasteiger partial charge on any atom is 0.122 e. The molecule has 0 amide bonds. The molecular weight excluding hydrogens is 250 g/mol. The minimum Gasteiger partial charge on any atom is -0.396 e. The van der Waals surface area contributed by atoms with E-state index in [1.807, 2.05) is 12.1 Å². The van der Waals surface area contributed by atoms with E-state index in [9.17, 15) is 0 Å². The average Bonchev–Trinajstić information content (AvgIpc) is 2.38. The molecule has 1 aromatic rings. The van der Waals surface area contributed by atoms with E-state index in [-0.39, 0.29) is 12.4 Å². The molecule has 0 bridgehead atoms. The summed E-state index contributed by atoms with van der Waals surface area (Å²) in [5.74, 6) is 0.443. The van der Waals surface area contributed by atoms with Crippen LogP contribution in [-0.2, 0) is 0 Å². The molecule has 1 aliphatic heterocycles. The zero-order chi connectivity index (χ0) is 13.1. The molecule has 0 aromatic heterocycles. The normalized spacial score (nSPS) is 16.9. The van der Waals surface area contributed by atoms with E-state index in [1.165, 1.54) is 0 Å². The number of anilines is 1. The Labute approximate surface area is 112 Å². The summed E-state index contributed by atoms with van der Waals surface area (Å²) in [6.45, 7) is 2.08. The third-order valence-electron chi connectivity index (χ3n) is 3.47. The van der Waals surface area contributed by atoms with Crippen molar-refractivity contribution in [1.82, 2.24) is 0 Å². The Morgan fingerprint density at radius 1 is 1.44 bits per heavy atom. The highest BCUT2D eigenvalue weighted by atomic mass is 35.5. The number of rotatable bonds is 3. The van der Waals surface area contributed by atoms with Crippen molar-refractivity contribution in [3.05, 3.63) is 28.8 Å². The summed E-state index contributed by atoms with van der Waals surface area (Å²) in [4.78, 5) is 2.22. The first-order valence-electron chi connectivity index (χ1n) is 6.11. The second-order valence-corrected chi connectivity index (χ2v) is 5.10. The minimum absolute atomic E-state index is 0.0300. The summed E-state index contributed by atoms with van der Waals surface area (Å²) >= 11 is 6.23. The number of amidine groups is 1. The fraction of sp³-hybridized carbons (Fsp3) is 0.462. The van der Waals surface area contributed by atoms with Crippen molar-refractivity contribution < 1.29 is 5.11 Å². The average molecular weight is 268 g/mol. The Morgan fingerprint density at radius 2 is 2.11 bits per heavy atom. The monoisotopic (exact) mass is 267 g/mol. The van der Waals surface area contributed by atoms with Crippen LogP contribution in [0, 0.1) is 11.3 Å². The number of nitrogen functional groups attached to an aromatic ring is 1. The van der Waals surface area contributed by atoms with Crippen molar-refractivity contribution >= 4 is 23.1 Å². The van der Waals surface area contributed by atoms with E-state index in [0.29, 0.717) is 16.5 Å². The molecule has 1 saturated heterocycles. The number of hydrogen-bond acceptors (Lipinski definition) is 3. The molecule has 98 valence electrons. The number of hydrogen-bond donors (Lipinski definition) is 3. The second-order valence-electron chi connectivity index (χ2n) is 4.69. The van der Waals surface area contributed by atoms with Crippen LogP contribution in [0.4, 0.5) is 5.69 Å². The third kappa shape index (κ3) is 2.76. The molecule has 0 aliphatic carbocycles. The lowest BCUT2D eigenvalue weighted by Gasteiger charge is -2.33. The van der Waals surface area contributed by atoms with Crippen molar-refractivity contribution in [2.75, 3.05) is 24.6 Å². The van der Waals surface area contributed by atoms with E-state index >= 15 is 0 Å². The molecule has 0 spiro atoms. The highest BCUT2D eigenvalue weighted by molar-refractivity contribution is 6.33. The lowest BCUT2D eigenvalue weighted by atomic mass is 9.97. The van der Waals surface area contributed by atoms with Crippen molar-refractivity contribution in [2.45, 2.75) is 12.8 Å². The third-order valence-corrected chi connectivity index (χ3v) is 3.77. The minimum atomic E-state index is 0.0300. The first kappa shape index (κ1) is 13.2. The van der Waals surface area contributed by atoms with E-state index in [0.717, 1.165) is 31.6 Å². The summed E-state index contributed by atoms with van der Waals surface area (Å²) in [7, 11) is 0. The molecule has 0 atom stereocenters. The SMILES string of the molecule is N=C(N)c1ccc(N2CCC(CO)CC2)c(Cl)c1. The van der Waals surface area contributed by atoms with Gasteiger partial charge >= 0.3 is 0 Å². The van der Waals surface area contributed by atoms with Crippen LogP contribution in [-0.4, -0.2) is 30.6 Å². The Balaban J connectivity index is 2.12. The molecule has 1 aliphatic rings. The Bertz CT molecular complexity index is 442. The lowest BCUT2D eigenvalue weighted by molar-refractivity contribution is 0.203. The standard InChI is InChI=1S/C13H18ClN3O/c14-11-7-10(13(15)16)1-2-12(11)17-5-3-9(8-18)4-6-17/h1-2,7,9,18H,3-6,8H2,(H3,15,16). The van der Waals surface area contributed by atoms with Crippen LogP contribution in [0.1, 0.15) is 18.4 Å². The van der Waals surface area contributed by atoms with Gasteiger partial charge in [0.2, 0.25) is 0 Å². The van der Waals surface area contributed by atoms with Crippen LogP contribution in [0.15, 0.2) is 18.2 Å². The number of nitrogens with two attached hydrogens (primary N) is 1. The molecule has 18 heavy (non-hydrogen) atoms. The van der Waals surface area contributed by atoms with Crippen LogP contribution in [0.2, 0.25) is 5.02 Å². The number of nitrogens with zero attached hydrogens (tertiary/aromatic N) is 1. The van der Waals surface area contributed by atoms with Crippen LogP contribution < -0.4 is 10.6 Å². The number of nitrogens with one attached hydrogen (secondary N) is 1. The van der Waals surface area contributed by atoms with Gasteiger partial charge in [-0.05, 0) is 37.0 Å². The number of piperidine rings is 1. The quantitative estimate of drug-likeness (QED) is 0.578. The Morgan fingerprint density at radius 3 is 2.61 bits per heavy atom. The van der Waals surface area contributed by atoms with Gasteiger partial charge in [-0.1, -0.05) is 11.6 Å². The van der Waals surface area contributed by atoms with Gasteiger partial charge in [0.1, 0.15) is 5.84 Å². The van der Waals surface area contributed by atoms with Crippen molar-refractivity contribution in [3.63, 3.8) is 0 Å². The summed E-state index contributed by atoms with van der Waals surface area (Å²) in [5, 5.41) is 17.1. The van der Waals surface area contributed by atoms with Gasteiger partial charge in [0.25, 0.3) is 0 Å². The predicted octanol–water partition coefficient (Wildman–Crippen LogP) is 1.83. The maximum atomic E-state index is 9.12. The topological polar surface area (TPSA) is 73.3 Å².